The molecule has 0 aromatic heterocycles. The number of nitrogens with two attached hydrogens (primary N) is 1. The average molecular weight is 543 g/mol. The maximum Gasteiger partial charge on any atom is 0.408 e. The number of nitrogens with one attached hydrogen (secondary N) is 2. The number of aryl methyl sites for hydroxylation is 2. The summed E-state index contributed by atoms with van der Waals surface area (Å²) >= 11 is 0. The summed E-state index contributed by atoms with van der Waals surface area (Å²) in [5.74, 6) is -1.19. The molecule has 1 aromatic carbocycles. The predicted molar refractivity (Wildman–Crippen MR) is 150 cm³/mol. The minimum absolute atomic E-state index is 0.0143. The van der Waals surface area contributed by atoms with Gasteiger partial charge < -0.3 is 26.0 Å². The van der Waals surface area contributed by atoms with Crippen molar-refractivity contribution in [3.8, 4) is 0 Å². The SMILES string of the molecule is Cc1cc(C)cc(C(C(=O)NC2CCCCC2)N(C(=O)C(CCC(N)=O)NC(=O)OC(C)(C)C)C2CCC2)c1. The van der Waals surface area contributed by atoms with Gasteiger partial charge in [0.1, 0.15) is 17.7 Å². The van der Waals surface area contributed by atoms with E-state index in [-0.39, 0.29) is 30.8 Å². The monoisotopic (exact) mass is 542 g/mol. The highest BCUT2D eigenvalue weighted by Crippen LogP contribution is 2.35. The van der Waals surface area contributed by atoms with Crippen LogP contribution in [0, 0.1) is 13.8 Å². The largest absolute Gasteiger partial charge is 0.444 e. The van der Waals surface area contributed by atoms with Crippen LogP contribution >= 0.6 is 0 Å². The molecule has 9 nitrogen and oxygen atoms in total. The summed E-state index contributed by atoms with van der Waals surface area (Å²) < 4.78 is 5.41. The van der Waals surface area contributed by atoms with E-state index in [1.54, 1.807) is 25.7 Å². The lowest BCUT2D eigenvalue weighted by Gasteiger charge is -2.44. The maximum atomic E-state index is 14.3. The normalized spacial score (nSPS) is 17.9. The van der Waals surface area contributed by atoms with Gasteiger partial charge in [-0.2, -0.15) is 0 Å². The molecule has 0 bridgehead atoms. The summed E-state index contributed by atoms with van der Waals surface area (Å²) in [5, 5.41) is 5.91. The smallest absolute Gasteiger partial charge is 0.408 e. The minimum Gasteiger partial charge on any atom is -0.444 e. The third-order valence-electron chi connectivity index (χ3n) is 7.43. The Morgan fingerprint density at radius 2 is 1.59 bits per heavy atom. The quantitative estimate of drug-likeness (QED) is 0.405. The molecule has 0 spiro atoms. The highest BCUT2D eigenvalue weighted by atomic mass is 16.6. The molecule has 39 heavy (non-hydrogen) atoms. The molecule has 216 valence electrons. The van der Waals surface area contributed by atoms with Crippen molar-refractivity contribution in [3.05, 3.63) is 34.9 Å². The van der Waals surface area contributed by atoms with Crippen molar-refractivity contribution in [2.45, 2.75) is 129 Å². The standard InChI is InChI=1S/C30H46N4O5/c1-19-16-20(2)18-21(17-19)26(27(36)32-22-10-7-6-8-11-22)34(23-12-9-13-23)28(37)24(14-15-25(31)35)33-29(38)39-30(3,4)5/h16-18,22-24,26H,6-15H2,1-5H3,(H2,31,35)(H,32,36)(H,33,38). The second-order valence-corrected chi connectivity index (χ2v) is 12.2. The van der Waals surface area contributed by atoms with Crippen LogP contribution in [-0.2, 0) is 19.1 Å². The summed E-state index contributed by atoms with van der Waals surface area (Å²) in [6, 6.07) is 3.94. The van der Waals surface area contributed by atoms with Gasteiger partial charge in [-0.15, -0.1) is 0 Å². The molecule has 2 fully saturated rings. The summed E-state index contributed by atoms with van der Waals surface area (Å²) in [4.78, 5) is 54.4. The third-order valence-corrected chi connectivity index (χ3v) is 7.43. The molecule has 2 aliphatic carbocycles. The number of benzene rings is 1. The van der Waals surface area contributed by atoms with Gasteiger partial charge >= 0.3 is 6.09 Å². The number of amides is 4. The van der Waals surface area contributed by atoms with Gasteiger partial charge in [0.15, 0.2) is 0 Å². The molecule has 9 heteroatoms. The van der Waals surface area contributed by atoms with Gasteiger partial charge in [0.05, 0.1) is 0 Å². The summed E-state index contributed by atoms with van der Waals surface area (Å²) in [5.41, 5.74) is 7.38. The molecule has 2 unspecified atom stereocenters. The molecule has 0 saturated heterocycles. The Kier molecular flexibility index (Phi) is 10.4. The van der Waals surface area contributed by atoms with Gasteiger partial charge in [-0.1, -0.05) is 48.6 Å². The molecule has 1 aromatic rings. The molecule has 3 rings (SSSR count). The minimum atomic E-state index is -1.07. The van der Waals surface area contributed by atoms with Crippen LogP contribution in [0.15, 0.2) is 18.2 Å². The molecular weight excluding hydrogens is 496 g/mol. The number of rotatable bonds is 10. The number of primary amides is 1. The fraction of sp³-hybridized carbons (Fsp3) is 0.667. The average Bonchev–Trinajstić information content (AvgIpc) is 2.78. The van der Waals surface area contributed by atoms with E-state index >= 15 is 0 Å². The van der Waals surface area contributed by atoms with Gasteiger partial charge in [0.2, 0.25) is 17.7 Å². The predicted octanol–water partition coefficient (Wildman–Crippen LogP) is 4.33. The fourth-order valence-electron chi connectivity index (χ4n) is 5.49. The first kappa shape index (κ1) is 30.4. The van der Waals surface area contributed by atoms with Crippen LogP contribution in [0.25, 0.3) is 0 Å². The Labute approximate surface area is 232 Å². The second kappa shape index (κ2) is 13.3. The Morgan fingerprint density at radius 3 is 2.10 bits per heavy atom. The number of carbonyl (C=O) groups is 4. The van der Waals surface area contributed by atoms with E-state index in [9.17, 15) is 19.2 Å². The fourth-order valence-corrected chi connectivity index (χ4v) is 5.49. The zero-order chi connectivity index (χ0) is 28.7. The molecule has 0 heterocycles. The van der Waals surface area contributed by atoms with Crippen LogP contribution in [-0.4, -0.2) is 52.4 Å². The van der Waals surface area contributed by atoms with E-state index in [2.05, 4.69) is 10.6 Å². The zero-order valence-electron chi connectivity index (χ0n) is 24.2. The summed E-state index contributed by atoms with van der Waals surface area (Å²) in [7, 11) is 0. The van der Waals surface area contributed by atoms with E-state index < -0.39 is 35.6 Å². The number of alkyl carbamates (subject to hydrolysis) is 1. The van der Waals surface area contributed by atoms with Crippen LogP contribution in [0.4, 0.5) is 4.79 Å². The van der Waals surface area contributed by atoms with Crippen molar-refractivity contribution < 1.29 is 23.9 Å². The van der Waals surface area contributed by atoms with Gasteiger partial charge in [0.25, 0.3) is 0 Å². The van der Waals surface area contributed by atoms with Crippen LogP contribution in [0.1, 0.15) is 108 Å². The van der Waals surface area contributed by atoms with Crippen molar-refractivity contribution >= 4 is 23.8 Å². The van der Waals surface area contributed by atoms with Gasteiger partial charge in [-0.3, -0.25) is 14.4 Å². The number of hydrogen-bond acceptors (Lipinski definition) is 5. The molecular formula is C30H46N4O5. The lowest BCUT2D eigenvalue weighted by atomic mass is 9.87. The second-order valence-electron chi connectivity index (χ2n) is 12.2. The summed E-state index contributed by atoms with van der Waals surface area (Å²) in [6.07, 6.45) is 6.78. The molecule has 2 atom stereocenters. The highest BCUT2D eigenvalue weighted by Gasteiger charge is 2.42. The van der Waals surface area contributed by atoms with Crippen molar-refractivity contribution in [3.63, 3.8) is 0 Å². The van der Waals surface area contributed by atoms with Crippen LogP contribution in [0.2, 0.25) is 0 Å². The first-order valence-electron chi connectivity index (χ1n) is 14.3. The van der Waals surface area contributed by atoms with E-state index in [0.717, 1.165) is 68.1 Å². The van der Waals surface area contributed by atoms with E-state index in [1.807, 2.05) is 32.0 Å². The number of carbonyl (C=O) groups excluding carboxylic acids is 4. The van der Waals surface area contributed by atoms with E-state index in [4.69, 9.17) is 10.5 Å². The van der Waals surface area contributed by atoms with Crippen molar-refractivity contribution in [2.24, 2.45) is 5.73 Å². The first-order valence-corrected chi connectivity index (χ1v) is 14.3. The Bertz CT molecular complexity index is 1020. The number of hydrogen-bond donors (Lipinski definition) is 3. The van der Waals surface area contributed by atoms with Gasteiger partial charge in [0, 0.05) is 18.5 Å². The van der Waals surface area contributed by atoms with Crippen molar-refractivity contribution in [2.75, 3.05) is 0 Å². The molecule has 2 saturated carbocycles. The number of nitrogens with zero attached hydrogens (tertiary/aromatic N) is 1. The van der Waals surface area contributed by atoms with Gasteiger partial charge in [-0.25, -0.2) is 4.79 Å². The van der Waals surface area contributed by atoms with Crippen molar-refractivity contribution in [1.29, 1.82) is 0 Å². The maximum absolute atomic E-state index is 14.3. The van der Waals surface area contributed by atoms with Crippen molar-refractivity contribution in [1.82, 2.24) is 15.5 Å². The molecule has 0 radical (unpaired) electrons. The van der Waals surface area contributed by atoms with Crippen LogP contribution in [0.3, 0.4) is 0 Å². The highest BCUT2D eigenvalue weighted by molar-refractivity contribution is 5.93. The van der Waals surface area contributed by atoms with E-state index in [0.29, 0.717) is 0 Å². The number of ether oxygens (including phenoxy) is 1. The first-order chi connectivity index (χ1) is 18.3. The van der Waals surface area contributed by atoms with Crippen LogP contribution < -0.4 is 16.4 Å². The zero-order valence-corrected chi connectivity index (χ0v) is 24.2. The Balaban J connectivity index is 2.00. The van der Waals surface area contributed by atoms with Gasteiger partial charge in [-0.05, 0) is 78.7 Å². The lowest BCUT2D eigenvalue weighted by molar-refractivity contribution is -0.148. The molecule has 4 amide bonds. The molecule has 4 N–H and O–H groups in total. The molecule has 2 aliphatic rings. The Hall–Kier alpha value is -3.10. The Morgan fingerprint density at radius 1 is 0.974 bits per heavy atom. The van der Waals surface area contributed by atoms with E-state index in [1.165, 1.54) is 0 Å². The van der Waals surface area contributed by atoms with Crippen LogP contribution in [0.5, 0.6) is 0 Å². The topological polar surface area (TPSA) is 131 Å². The third kappa shape index (κ3) is 8.97. The molecule has 0 aliphatic heterocycles. The lowest BCUT2D eigenvalue weighted by Crippen LogP contribution is -2.58. The summed E-state index contributed by atoms with van der Waals surface area (Å²) in [6.45, 7) is 9.15.